The molecule has 1 aliphatic carbocycles. The van der Waals surface area contributed by atoms with E-state index in [4.69, 9.17) is 0 Å². The van der Waals surface area contributed by atoms with Crippen LogP contribution >= 0.6 is 11.3 Å². The number of thiazole rings is 1. The molecular weight excluding hydrogens is 274 g/mol. The van der Waals surface area contributed by atoms with Gasteiger partial charge in [-0.3, -0.25) is 9.59 Å². The highest BCUT2D eigenvalue weighted by Gasteiger charge is 2.59. The first-order chi connectivity index (χ1) is 9.35. The Kier molecular flexibility index (Phi) is 2.90. The van der Waals surface area contributed by atoms with Gasteiger partial charge in [-0.05, 0) is 39.5 Å². The molecule has 20 heavy (non-hydrogen) atoms. The molecule has 1 atom stereocenters. The molecule has 2 heterocycles. The first-order valence-electron chi connectivity index (χ1n) is 6.89. The molecule has 0 spiro atoms. The maximum Gasteiger partial charge on any atom is 0.249 e. The molecule has 108 valence electrons. The van der Waals surface area contributed by atoms with Crippen LogP contribution < -0.4 is 5.32 Å². The number of amides is 2. The smallest absolute Gasteiger partial charge is 0.249 e. The van der Waals surface area contributed by atoms with Gasteiger partial charge in [0.1, 0.15) is 16.1 Å². The summed E-state index contributed by atoms with van der Waals surface area (Å²) in [5.74, 6) is 0.199. The lowest BCUT2D eigenvalue weighted by Crippen LogP contribution is -2.73. The summed E-state index contributed by atoms with van der Waals surface area (Å²) >= 11 is 1.52. The summed E-state index contributed by atoms with van der Waals surface area (Å²) in [5.41, 5.74) is -1.58. The van der Waals surface area contributed by atoms with E-state index in [0.717, 1.165) is 17.8 Å². The van der Waals surface area contributed by atoms with Gasteiger partial charge in [-0.1, -0.05) is 0 Å². The van der Waals surface area contributed by atoms with E-state index in [9.17, 15) is 9.59 Å². The van der Waals surface area contributed by atoms with Gasteiger partial charge in [-0.25, -0.2) is 4.98 Å². The second kappa shape index (κ2) is 4.28. The Hall–Kier alpha value is -1.43. The highest BCUT2D eigenvalue weighted by Crippen LogP contribution is 2.46. The van der Waals surface area contributed by atoms with Crippen molar-refractivity contribution in [3.8, 4) is 0 Å². The normalized spacial score (nSPS) is 29.4. The monoisotopic (exact) mass is 293 g/mol. The first kappa shape index (κ1) is 13.5. The largest absolute Gasteiger partial charge is 0.340 e. The average Bonchev–Trinajstić information content (AvgIpc) is 3.11. The third-order valence-electron chi connectivity index (χ3n) is 4.38. The van der Waals surface area contributed by atoms with Crippen LogP contribution in [-0.2, 0) is 16.1 Å². The Morgan fingerprint density at radius 2 is 2.10 bits per heavy atom. The van der Waals surface area contributed by atoms with E-state index < -0.39 is 11.1 Å². The second-order valence-corrected chi connectivity index (χ2v) is 7.30. The second-order valence-electron chi connectivity index (χ2n) is 6.32. The van der Waals surface area contributed by atoms with Gasteiger partial charge in [-0.15, -0.1) is 11.3 Å². The van der Waals surface area contributed by atoms with Crippen molar-refractivity contribution >= 4 is 23.2 Å². The summed E-state index contributed by atoms with van der Waals surface area (Å²) in [5, 5.41) is 5.64. The van der Waals surface area contributed by atoms with Crippen molar-refractivity contribution < 1.29 is 9.59 Å². The third-order valence-corrected chi connectivity index (χ3v) is 5.14. The summed E-state index contributed by atoms with van der Waals surface area (Å²) in [7, 11) is 0. The van der Waals surface area contributed by atoms with Crippen LogP contribution in [0.1, 0.15) is 38.6 Å². The SMILES string of the molecule is CC1(C)NC(=O)C(C)(C2CC2)N(Cc2nccs2)C1=O. The van der Waals surface area contributed by atoms with Crippen molar-refractivity contribution in [2.24, 2.45) is 5.92 Å². The molecule has 1 unspecified atom stereocenters. The summed E-state index contributed by atoms with van der Waals surface area (Å²) in [6.07, 6.45) is 3.74. The van der Waals surface area contributed by atoms with Crippen LogP contribution in [0.5, 0.6) is 0 Å². The lowest BCUT2D eigenvalue weighted by Gasteiger charge is -2.49. The van der Waals surface area contributed by atoms with E-state index in [1.165, 1.54) is 11.3 Å². The molecule has 1 saturated carbocycles. The van der Waals surface area contributed by atoms with Crippen LogP contribution in [0.15, 0.2) is 11.6 Å². The van der Waals surface area contributed by atoms with Gasteiger partial charge in [0.2, 0.25) is 11.8 Å². The molecule has 1 saturated heterocycles. The Labute approximate surface area is 122 Å². The zero-order chi connectivity index (χ0) is 14.5. The number of hydrogen-bond donors (Lipinski definition) is 1. The Morgan fingerprint density at radius 1 is 1.40 bits per heavy atom. The van der Waals surface area contributed by atoms with Crippen molar-refractivity contribution in [2.45, 2.75) is 51.2 Å². The van der Waals surface area contributed by atoms with Crippen LogP contribution in [0.2, 0.25) is 0 Å². The molecule has 1 aromatic heterocycles. The van der Waals surface area contributed by atoms with Crippen molar-refractivity contribution in [3.05, 3.63) is 16.6 Å². The number of piperazine rings is 1. The summed E-state index contributed by atoms with van der Waals surface area (Å²) in [6.45, 7) is 5.82. The Bertz CT molecular complexity index is 551. The molecule has 3 rings (SSSR count). The lowest BCUT2D eigenvalue weighted by atomic mass is 9.84. The molecule has 1 aliphatic heterocycles. The topological polar surface area (TPSA) is 62.3 Å². The van der Waals surface area contributed by atoms with E-state index in [0.29, 0.717) is 6.54 Å². The number of nitrogens with zero attached hydrogens (tertiary/aromatic N) is 2. The molecule has 2 fully saturated rings. The molecule has 6 heteroatoms. The number of hydrogen-bond acceptors (Lipinski definition) is 4. The maximum atomic E-state index is 12.8. The molecule has 5 nitrogen and oxygen atoms in total. The van der Waals surface area contributed by atoms with Gasteiger partial charge in [0.15, 0.2) is 0 Å². The third kappa shape index (κ3) is 1.93. The van der Waals surface area contributed by atoms with Gasteiger partial charge in [0, 0.05) is 11.6 Å². The summed E-state index contributed by atoms with van der Waals surface area (Å²) in [6, 6.07) is 0. The maximum absolute atomic E-state index is 12.8. The van der Waals surface area contributed by atoms with Crippen LogP contribution in [0.25, 0.3) is 0 Å². The van der Waals surface area contributed by atoms with Crippen molar-refractivity contribution in [3.63, 3.8) is 0 Å². The van der Waals surface area contributed by atoms with Crippen molar-refractivity contribution in [2.75, 3.05) is 0 Å². The van der Waals surface area contributed by atoms with Crippen LogP contribution in [0, 0.1) is 5.92 Å². The molecule has 1 aromatic rings. The highest BCUT2D eigenvalue weighted by molar-refractivity contribution is 7.09. The fraction of sp³-hybridized carbons (Fsp3) is 0.643. The van der Waals surface area contributed by atoms with Gasteiger partial charge < -0.3 is 10.2 Å². The van der Waals surface area contributed by atoms with E-state index in [1.807, 2.05) is 12.3 Å². The van der Waals surface area contributed by atoms with Crippen LogP contribution in [-0.4, -0.2) is 32.8 Å². The fourth-order valence-electron chi connectivity index (χ4n) is 2.89. The molecule has 2 aliphatic rings. The Balaban J connectivity index is 1.98. The first-order valence-corrected chi connectivity index (χ1v) is 7.77. The van der Waals surface area contributed by atoms with E-state index in [-0.39, 0.29) is 17.7 Å². The van der Waals surface area contributed by atoms with Crippen LogP contribution in [0.4, 0.5) is 0 Å². The Morgan fingerprint density at radius 3 is 2.65 bits per heavy atom. The minimum Gasteiger partial charge on any atom is -0.340 e. The standard InChI is InChI=1S/C14H19N3O2S/c1-13(2)12(19)17(8-10-15-6-7-20-10)14(3,9-4-5-9)11(18)16-13/h6-7,9H,4-5,8H2,1-3H3,(H,16,18). The number of nitrogens with one attached hydrogen (secondary N) is 1. The molecule has 2 amide bonds. The van der Waals surface area contributed by atoms with Gasteiger partial charge >= 0.3 is 0 Å². The zero-order valence-electron chi connectivity index (χ0n) is 12.0. The molecule has 1 N–H and O–H groups in total. The fourth-order valence-corrected chi connectivity index (χ4v) is 3.49. The molecular formula is C14H19N3O2S. The van der Waals surface area contributed by atoms with Gasteiger partial charge in [0.05, 0.1) is 6.54 Å². The van der Waals surface area contributed by atoms with E-state index in [1.54, 1.807) is 24.9 Å². The van der Waals surface area contributed by atoms with E-state index >= 15 is 0 Å². The van der Waals surface area contributed by atoms with Crippen LogP contribution in [0.3, 0.4) is 0 Å². The quantitative estimate of drug-likeness (QED) is 0.919. The number of carbonyl (C=O) groups excluding carboxylic acids is 2. The minimum absolute atomic E-state index is 0.0262. The molecule has 0 bridgehead atoms. The number of carbonyl (C=O) groups is 2. The van der Waals surface area contributed by atoms with Gasteiger partial charge in [-0.2, -0.15) is 0 Å². The van der Waals surface area contributed by atoms with Crippen molar-refractivity contribution in [1.29, 1.82) is 0 Å². The lowest BCUT2D eigenvalue weighted by molar-refractivity contribution is -0.163. The minimum atomic E-state index is -0.845. The average molecular weight is 293 g/mol. The van der Waals surface area contributed by atoms with E-state index in [2.05, 4.69) is 10.3 Å². The predicted molar refractivity (Wildman–Crippen MR) is 76.0 cm³/mol. The molecule has 0 radical (unpaired) electrons. The summed E-state index contributed by atoms with van der Waals surface area (Å²) in [4.78, 5) is 31.3. The molecule has 0 aromatic carbocycles. The highest BCUT2D eigenvalue weighted by atomic mass is 32.1. The van der Waals surface area contributed by atoms with Crippen molar-refractivity contribution in [1.82, 2.24) is 15.2 Å². The predicted octanol–water partition coefficient (Wildman–Crippen LogP) is 1.55. The zero-order valence-corrected chi connectivity index (χ0v) is 12.8. The summed E-state index contributed by atoms with van der Waals surface area (Å²) < 4.78 is 0. The number of aromatic nitrogens is 1. The number of rotatable bonds is 3. The van der Waals surface area contributed by atoms with Gasteiger partial charge in [0.25, 0.3) is 0 Å².